The average Bonchev–Trinajstić information content (AvgIpc) is 2.89. The van der Waals surface area contributed by atoms with Crippen molar-refractivity contribution in [2.75, 3.05) is 10.6 Å². The van der Waals surface area contributed by atoms with Crippen LogP contribution in [0.4, 0.5) is 11.4 Å². The van der Waals surface area contributed by atoms with E-state index in [1.54, 1.807) is 11.3 Å². The molecule has 0 spiro atoms. The molecule has 1 atom stereocenters. The number of amides is 1. The first-order valence-corrected chi connectivity index (χ1v) is 8.76. The van der Waals surface area contributed by atoms with Crippen molar-refractivity contribution in [2.45, 2.75) is 33.7 Å². The lowest BCUT2D eigenvalue weighted by Crippen LogP contribution is -2.32. The minimum absolute atomic E-state index is 0.0532. The standard InChI is InChI=1S/C19H21N3OS/c1-11-5-7-16(12(2)9-11)22-19(23)13(3)20-15-6-8-17-18(10-15)24-14(4)21-17/h5-10,13,20H,1-4H3,(H,22,23). The van der Waals surface area contributed by atoms with E-state index in [1.807, 2.05) is 58.0 Å². The topological polar surface area (TPSA) is 54.0 Å². The number of aromatic nitrogens is 1. The molecule has 0 aliphatic rings. The van der Waals surface area contributed by atoms with Gasteiger partial charge in [-0.1, -0.05) is 17.7 Å². The van der Waals surface area contributed by atoms with Crippen LogP contribution in [0.2, 0.25) is 0 Å². The lowest BCUT2D eigenvalue weighted by atomic mass is 10.1. The fourth-order valence-corrected chi connectivity index (χ4v) is 3.51. The third-order valence-corrected chi connectivity index (χ3v) is 4.85. The molecular formula is C19H21N3OS. The van der Waals surface area contributed by atoms with E-state index in [-0.39, 0.29) is 11.9 Å². The van der Waals surface area contributed by atoms with Crippen LogP contribution in [0.5, 0.6) is 0 Å². The predicted octanol–water partition coefficient (Wildman–Crippen LogP) is 4.66. The molecule has 2 N–H and O–H groups in total. The number of thiazole rings is 1. The smallest absolute Gasteiger partial charge is 0.246 e. The van der Waals surface area contributed by atoms with E-state index in [2.05, 4.69) is 21.7 Å². The SMILES string of the molecule is Cc1ccc(NC(=O)C(C)Nc2ccc3nc(C)sc3c2)c(C)c1. The summed E-state index contributed by atoms with van der Waals surface area (Å²) >= 11 is 1.66. The summed E-state index contributed by atoms with van der Waals surface area (Å²) in [5, 5.41) is 7.29. The maximum absolute atomic E-state index is 12.4. The molecule has 1 amide bonds. The van der Waals surface area contributed by atoms with Crippen molar-refractivity contribution in [3.63, 3.8) is 0 Å². The van der Waals surface area contributed by atoms with Crippen LogP contribution < -0.4 is 10.6 Å². The van der Waals surface area contributed by atoms with Crippen molar-refractivity contribution in [3.05, 3.63) is 52.5 Å². The van der Waals surface area contributed by atoms with Gasteiger partial charge in [-0.25, -0.2) is 4.98 Å². The van der Waals surface area contributed by atoms with Gasteiger partial charge in [0.2, 0.25) is 5.91 Å². The summed E-state index contributed by atoms with van der Waals surface area (Å²) in [5.41, 5.74) is 5.03. The second-order valence-corrected chi connectivity index (χ2v) is 7.32. The molecule has 0 saturated carbocycles. The van der Waals surface area contributed by atoms with Crippen molar-refractivity contribution in [1.82, 2.24) is 4.98 Å². The van der Waals surface area contributed by atoms with Crippen LogP contribution in [-0.4, -0.2) is 16.9 Å². The first-order valence-electron chi connectivity index (χ1n) is 7.94. The van der Waals surface area contributed by atoms with E-state index >= 15 is 0 Å². The van der Waals surface area contributed by atoms with Crippen LogP contribution in [0.3, 0.4) is 0 Å². The van der Waals surface area contributed by atoms with Crippen molar-refractivity contribution < 1.29 is 4.79 Å². The molecule has 0 bridgehead atoms. The summed E-state index contributed by atoms with van der Waals surface area (Å²) in [6.07, 6.45) is 0. The fraction of sp³-hybridized carbons (Fsp3) is 0.263. The number of hydrogen-bond donors (Lipinski definition) is 2. The number of anilines is 2. The molecule has 0 aliphatic heterocycles. The number of hydrogen-bond acceptors (Lipinski definition) is 4. The molecule has 0 radical (unpaired) electrons. The highest BCUT2D eigenvalue weighted by atomic mass is 32.1. The second-order valence-electron chi connectivity index (χ2n) is 6.09. The molecule has 3 aromatic rings. The van der Waals surface area contributed by atoms with E-state index < -0.39 is 0 Å². The van der Waals surface area contributed by atoms with Crippen LogP contribution >= 0.6 is 11.3 Å². The summed E-state index contributed by atoms with van der Waals surface area (Å²) in [4.78, 5) is 16.9. The van der Waals surface area contributed by atoms with Crippen molar-refractivity contribution in [3.8, 4) is 0 Å². The molecule has 2 aromatic carbocycles. The highest BCUT2D eigenvalue weighted by molar-refractivity contribution is 7.18. The van der Waals surface area contributed by atoms with E-state index in [9.17, 15) is 4.79 Å². The minimum Gasteiger partial charge on any atom is -0.374 e. The summed E-state index contributed by atoms with van der Waals surface area (Å²) in [5.74, 6) is -0.0532. The molecule has 0 aliphatic carbocycles. The number of benzene rings is 2. The van der Waals surface area contributed by atoms with Crippen molar-refractivity contribution >= 4 is 38.8 Å². The fourth-order valence-electron chi connectivity index (χ4n) is 2.64. The molecule has 5 heteroatoms. The second kappa shape index (κ2) is 6.61. The van der Waals surface area contributed by atoms with Crippen LogP contribution in [0.25, 0.3) is 10.2 Å². The largest absolute Gasteiger partial charge is 0.374 e. The number of fused-ring (bicyclic) bond motifs is 1. The zero-order chi connectivity index (χ0) is 17.3. The number of aryl methyl sites for hydroxylation is 3. The summed E-state index contributed by atoms with van der Waals surface area (Å²) in [6.45, 7) is 7.90. The number of nitrogens with one attached hydrogen (secondary N) is 2. The molecule has 4 nitrogen and oxygen atoms in total. The third-order valence-electron chi connectivity index (χ3n) is 3.91. The van der Waals surface area contributed by atoms with Gasteiger partial charge in [0.15, 0.2) is 0 Å². The van der Waals surface area contributed by atoms with Crippen LogP contribution in [0.15, 0.2) is 36.4 Å². The molecule has 0 fully saturated rings. The Morgan fingerprint density at radius 2 is 1.92 bits per heavy atom. The molecular weight excluding hydrogens is 318 g/mol. The van der Waals surface area contributed by atoms with Crippen LogP contribution in [-0.2, 0) is 4.79 Å². The van der Waals surface area contributed by atoms with Crippen molar-refractivity contribution in [2.24, 2.45) is 0 Å². The van der Waals surface area contributed by atoms with Crippen LogP contribution in [0.1, 0.15) is 23.1 Å². The summed E-state index contributed by atoms with van der Waals surface area (Å²) < 4.78 is 1.12. The lowest BCUT2D eigenvalue weighted by Gasteiger charge is -2.16. The Morgan fingerprint density at radius 1 is 1.12 bits per heavy atom. The quantitative estimate of drug-likeness (QED) is 0.727. The Labute approximate surface area is 145 Å². The van der Waals surface area contributed by atoms with Crippen molar-refractivity contribution in [1.29, 1.82) is 0 Å². The highest BCUT2D eigenvalue weighted by Crippen LogP contribution is 2.25. The predicted molar refractivity (Wildman–Crippen MR) is 102 cm³/mol. The normalized spacial score (nSPS) is 12.2. The molecule has 0 saturated heterocycles. The first-order chi connectivity index (χ1) is 11.4. The van der Waals surface area contributed by atoms with Gasteiger partial charge in [-0.15, -0.1) is 11.3 Å². The van der Waals surface area contributed by atoms with Gasteiger partial charge in [0.1, 0.15) is 6.04 Å². The minimum atomic E-state index is -0.336. The molecule has 3 rings (SSSR count). The number of rotatable bonds is 4. The molecule has 24 heavy (non-hydrogen) atoms. The molecule has 124 valence electrons. The summed E-state index contributed by atoms with van der Waals surface area (Å²) in [6, 6.07) is 11.7. The zero-order valence-electron chi connectivity index (χ0n) is 14.3. The molecule has 1 aromatic heterocycles. The Hall–Kier alpha value is -2.40. The summed E-state index contributed by atoms with van der Waals surface area (Å²) in [7, 11) is 0. The van der Waals surface area contributed by atoms with E-state index in [1.165, 1.54) is 5.56 Å². The Kier molecular flexibility index (Phi) is 4.53. The van der Waals surface area contributed by atoms with E-state index in [0.717, 1.165) is 32.2 Å². The van der Waals surface area contributed by atoms with Gasteiger partial charge in [-0.2, -0.15) is 0 Å². The Bertz CT molecular complexity index is 901. The van der Waals surface area contributed by atoms with Gasteiger partial charge in [0.25, 0.3) is 0 Å². The van der Waals surface area contributed by atoms with Crippen LogP contribution in [0, 0.1) is 20.8 Å². The van der Waals surface area contributed by atoms with Gasteiger partial charge < -0.3 is 10.6 Å². The van der Waals surface area contributed by atoms with E-state index in [4.69, 9.17) is 0 Å². The molecule has 1 unspecified atom stereocenters. The Morgan fingerprint density at radius 3 is 2.67 bits per heavy atom. The molecule has 1 heterocycles. The average molecular weight is 339 g/mol. The number of carbonyl (C=O) groups excluding carboxylic acids is 1. The number of carbonyl (C=O) groups is 1. The zero-order valence-corrected chi connectivity index (χ0v) is 15.1. The maximum atomic E-state index is 12.4. The Balaban J connectivity index is 1.70. The van der Waals surface area contributed by atoms with Gasteiger partial charge >= 0.3 is 0 Å². The number of nitrogens with zero attached hydrogens (tertiary/aromatic N) is 1. The van der Waals surface area contributed by atoms with Gasteiger partial charge in [-0.05, 0) is 57.5 Å². The van der Waals surface area contributed by atoms with Gasteiger partial charge in [-0.3, -0.25) is 4.79 Å². The monoisotopic (exact) mass is 339 g/mol. The highest BCUT2D eigenvalue weighted by Gasteiger charge is 2.14. The lowest BCUT2D eigenvalue weighted by molar-refractivity contribution is -0.116. The van der Waals surface area contributed by atoms with Gasteiger partial charge in [0.05, 0.1) is 15.2 Å². The first kappa shape index (κ1) is 16.5. The van der Waals surface area contributed by atoms with E-state index in [0.29, 0.717) is 0 Å². The third kappa shape index (κ3) is 3.57. The van der Waals surface area contributed by atoms with Gasteiger partial charge in [0, 0.05) is 11.4 Å². The maximum Gasteiger partial charge on any atom is 0.246 e.